The molecule has 0 amide bonds. The molecule has 0 aliphatic carbocycles. The van der Waals surface area contributed by atoms with Crippen LogP contribution in [-0.2, 0) is 6.54 Å². The summed E-state index contributed by atoms with van der Waals surface area (Å²) in [6.45, 7) is 4.07. The van der Waals surface area contributed by atoms with E-state index in [0.717, 1.165) is 49.2 Å². The fraction of sp³-hybridized carbons (Fsp3) is 0.250. The van der Waals surface area contributed by atoms with Gasteiger partial charge in [0.25, 0.3) is 0 Å². The zero-order valence-electron chi connectivity index (χ0n) is 14.9. The van der Waals surface area contributed by atoms with Gasteiger partial charge in [-0.1, -0.05) is 6.07 Å². The van der Waals surface area contributed by atoms with Crippen LogP contribution in [0, 0.1) is 5.82 Å². The molecule has 138 valence electrons. The molecule has 0 spiro atoms. The van der Waals surface area contributed by atoms with Gasteiger partial charge in [-0.15, -0.1) is 0 Å². The zero-order valence-corrected chi connectivity index (χ0v) is 14.9. The number of hydrogen-bond donors (Lipinski definition) is 1. The predicted octanol–water partition coefficient (Wildman–Crippen LogP) is 2.95. The molecule has 1 N–H and O–H groups in total. The van der Waals surface area contributed by atoms with Crippen LogP contribution in [-0.4, -0.2) is 41.1 Å². The van der Waals surface area contributed by atoms with E-state index >= 15 is 0 Å². The van der Waals surface area contributed by atoms with E-state index in [2.05, 4.69) is 30.1 Å². The Bertz CT molecular complexity index is 863. The standard InChI is InChI=1S/C20H21FN6/c21-16-4-6-18(7-5-16)26-9-11-27(12-10-26)20-13-19(24-15-25-20)23-14-17-3-1-2-8-22-17/h1-8,13,15H,9-12,14H2,(H,23,24,25). The SMILES string of the molecule is Fc1ccc(N2CCN(c3cc(NCc4ccccn4)ncn3)CC2)cc1. The van der Waals surface area contributed by atoms with E-state index in [-0.39, 0.29) is 5.82 Å². The second-order valence-corrected chi connectivity index (χ2v) is 6.39. The molecule has 4 rings (SSSR count). The molecule has 0 bridgehead atoms. The number of piperazine rings is 1. The molecule has 1 aliphatic heterocycles. The summed E-state index contributed by atoms with van der Waals surface area (Å²) < 4.78 is 13.1. The molecule has 0 saturated carbocycles. The van der Waals surface area contributed by atoms with Gasteiger partial charge >= 0.3 is 0 Å². The first-order chi connectivity index (χ1) is 13.3. The monoisotopic (exact) mass is 364 g/mol. The van der Waals surface area contributed by atoms with Crippen molar-refractivity contribution in [2.75, 3.05) is 41.3 Å². The Labute approximate surface area is 157 Å². The highest BCUT2D eigenvalue weighted by Gasteiger charge is 2.18. The van der Waals surface area contributed by atoms with Crippen LogP contribution < -0.4 is 15.1 Å². The molecule has 1 aromatic carbocycles. The van der Waals surface area contributed by atoms with Crippen LogP contribution in [0.2, 0.25) is 0 Å². The predicted molar refractivity (Wildman–Crippen MR) is 104 cm³/mol. The average Bonchev–Trinajstić information content (AvgIpc) is 2.74. The lowest BCUT2D eigenvalue weighted by atomic mass is 10.2. The highest BCUT2D eigenvalue weighted by atomic mass is 19.1. The first kappa shape index (κ1) is 17.2. The van der Waals surface area contributed by atoms with E-state index in [0.29, 0.717) is 6.54 Å². The summed E-state index contributed by atoms with van der Waals surface area (Å²) in [4.78, 5) is 17.5. The maximum atomic E-state index is 13.1. The summed E-state index contributed by atoms with van der Waals surface area (Å²) in [5, 5.41) is 3.29. The van der Waals surface area contributed by atoms with Crippen molar-refractivity contribution in [2.45, 2.75) is 6.54 Å². The molecule has 2 aromatic heterocycles. The Morgan fingerprint density at radius 2 is 1.67 bits per heavy atom. The third-order valence-corrected chi connectivity index (χ3v) is 4.62. The van der Waals surface area contributed by atoms with Crippen LogP contribution in [0.3, 0.4) is 0 Å². The minimum atomic E-state index is -0.205. The van der Waals surface area contributed by atoms with Crippen molar-refractivity contribution < 1.29 is 4.39 Å². The number of anilines is 3. The summed E-state index contributed by atoms with van der Waals surface area (Å²) in [6.07, 6.45) is 3.37. The van der Waals surface area contributed by atoms with E-state index < -0.39 is 0 Å². The Morgan fingerprint density at radius 1 is 0.889 bits per heavy atom. The molecule has 1 saturated heterocycles. The van der Waals surface area contributed by atoms with Crippen molar-refractivity contribution in [2.24, 2.45) is 0 Å². The molecular weight excluding hydrogens is 343 g/mol. The van der Waals surface area contributed by atoms with Gasteiger partial charge in [-0.25, -0.2) is 14.4 Å². The summed E-state index contributed by atoms with van der Waals surface area (Å²) in [6, 6.07) is 14.5. The molecule has 3 heterocycles. The molecule has 6 nitrogen and oxygen atoms in total. The number of halogens is 1. The largest absolute Gasteiger partial charge is 0.368 e. The third kappa shape index (κ3) is 4.31. The lowest BCUT2D eigenvalue weighted by Gasteiger charge is -2.36. The smallest absolute Gasteiger partial charge is 0.134 e. The molecule has 0 radical (unpaired) electrons. The topological polar surface area (TPSA) is 57.2 Å². The van der Waals surface area contributed by atoms with Gasteiger partial charge in [0.1, 0.15) is 23.8 Å². The molecule has 7 heteroatoms. The van der Waals surface area contributed by atoms with E-state index in [1.54, 1.807) is 12.5 Å². The lowest BCUT2D eigenvalue weighted by Crippen LogP contribution is -2.46. The third-order valence-electron chi connectivity index (χ3n) is 4.62. The van der Waals surface area contributed by atoms with Crippen LogP contribution in [0.1, 0.15) is 5.69 Å². The fourth-order valence-electron chi connectivity index (χ4n) is 3.15. The normalized spacial score (nSPS) is 14.3. The summed E-state index contributed by atoms with van der Waals surface area (Å²) >= 11 is 0. The summed E-state index contributed by atoms with van der Waals surface area (Å²) in [7, 11) is 0. The van der Waals surface area contributed by atoms with Crippen molar-refractivity contribution in [1.82, 2.24) is 15.0 Å². The molecule has 1 aliphatic rings. The average molecular weight is 364 g/mol. The van der Waals surface area contributed by atoms with Crippen LogP contribution in [0.15, 0.2) is 61.1 Å². The first-order valence-electron chi connectivity index (χ1n) is 8.99. The highest BCUT2D eigenvalue weighted by Crippen LogP contribution is 2.20. The first-order valence-corrected chi connectivity index (χ1v) is 8.99. The van der Waals surface area contributed by atoms with Crippen LogP contribution >= 0.6 is 0 Å². The maximum Gasteiger partial charge on any atom is 0.134 e. The van der Waals surface area contributed by atoms with Gasteiger partial charge < -0.3 is 15.1 Å². The number of pyridine rings is 1. The van der Waals surface area contributed by atoms with Crippen LogP contribution in [0.5, 0.6) is 0 Å². The Balaban J connectivity index is 1.36. The Kier molecular flexibility index (Phi) is 5.09. The van der Waals surface area contributed by atoms with Crippen LogP contribution in [0.25, 0.3) is 0 Å². The molecular formula is C20H21FN6. The minimum Gasteiger partial charge on any atom is -0.368 e. The molecule has 1 fully saturated rings. The van der Waals surface area contributed by atoms with E-state index in [1.165, 1.54) is 12.1 Å². The van der Waals surface area contributed by atoms with Gasteiger partial charge in [0.05, 0.1) is 12.2 Å². The van der Waals surface area contributed by atoms with Gasteiger partial charge in [0, 0.05) is 44.1 Å². The van der Waals surface area contributed by atoms with Gasteiger partial charge in [-0.3, -0.25) is 4.98 Å². The number of nitrogens with zero attached hydrogens (tertiary/aromatic N) is 5. The molecule has 27 heavy (non-hydrogen) atoms. The van der Waals surface area contributed by atoms with Crippen molar-refractivity contribution in [1.29, 1.82) is 0 Å². The van der Waals surface area contributed by atoms with Gasteiger partial charge in [-0.2, -0.15) is 0 Å². The maximum absolute atomic E-state index is 13.1. The number of benzene rings is 1. The van der Waals surface area contributed by atoms with Crippen LogP contribution in [0.4, 0.5) is 21.7 Å². The van der Waals surface area contributed by atoms with Gasteiger partial charge in [0.15, 0.2) is 0 Å². The van der Waals surface area contributed by atoms with Crippen molar-refractivity contribution in [3.8, 4) is 0 Å². The number of nitrogens with one attached hydrogen (secondary N) is 1. The van der Waals surface area contributed by atoms with Gasteiger partial charge in [0.2, 0.25) is 0 Å². The zero-order chi connectivity index (χ0) is 18.5. The lowest BCUT2D eigenvalue weighted by molar-refractivity contribution is 0.624. The Hall–Kier alpha value is -3.22. The quantitative estimate of drug-likeness (QED) is 0.751. The molecule has 3 aromatic rings. The van der Waals surface area contributed by atoms with Crippen molar-refractivity contribution in [3.63, 3.8) is 0 Å². The fourth-order valence-corrected chi connectivity index (χ4v) is 3.15. The van der Waals surface area contributed by atoms with E-state index in [1.807, 2.05) is 36.4 Å². The summed E-state index contributed by atoms with van der Waals surface area (Å²) in [5.41, 5.74) is 2.02. The molecule has 0 atom stereocenters. The van der Waals surface area contributed by atoms with E-state index in [4.69, 9.17) is 0 Å². The number of hydrogen-bond acceptors (Lipinski definition) is 6. The number of aromatic nitrogens is 3. The second kappa shape index (κ2) is 7.99. The van der Waals surface area contributed by atoms with E-state index in [9.17, 15) is 4.39 Å². The second-order valence-electron chi connectivity index (χ2n) is 6.39. The Morgan fingerprint density at radius 3 is 2.41 bits per heavy atom. The minimum absolute atomic E-state index is 0.205. The van der Waals surface area contributed by atoms with Crippen molar-refractivity contribution >= 4 is 17.3 Å². The van der Waals surface area contributed by atoms with Crippen molar-refractivity contribution in [3.05, 3.63) is 72.6 Å². The summed E-state index contributed by atoms with van der Waals surface area (Å²) in [5.74, 6) is 1.49. The highest BCUT2D eigenvalue weighted by molar-refractivity contribution is 5.52. The van der Waals surface area contributed by atoms with Gasteiger partial charge in [-0.05, 0) is 36.4 Å². The number of rotatable bonds is 5. The molecule has 0 unspecified atom stereocenters.